The van der Waals surface area contributed by atoms with E-state index in [1.165, 1.54) is 6.20 Å². The minimum absolute atomic E-state index is 0.258. The Balaban J connectivity index is 1.90. The van der Waals surface area contributed by atoms with E-state index in [9.17, 15) is 4.57 Å². The van der Waals surface area contributed by atoms with Gasteiger partial charge >= 0.3 is 7.60 Å². The molecule has 10 nitrogen and oxygen atoms in total. The van der Waals surface area contributed by atoms with Crippen molar-refractivity contribution in [2.45, 2.75) is 12.5 Å². The molecular formula is C11H13N6O4P. The van der Waals surface area contributed by atoms with Gasteiger partial charge in [0, 0.05) is 25.9 Å². The molecule has 11 heteroatoms. The third kappa shape index (κ3) is 2.90. The second-order valence-electron chi connectivity index (χ2n) is 4.64. The summed E-state index contributed by atoms with van der Waals surface area (Å²) in [4.78, 5) is 22.2. The van der Waals surface area contributed by atoms with Crippen molar-refractivity contribution in [3.05, 3.63) is 35.9 Å². The summed E-state index contributed by atoms with van der Waals surface area (Å²) in [5.41, 5.74) is 1.07. The second kappa shape index (κ2) is 5.58. The highest BCUT2D eigenvalue weighted by molar-refractivity contribution is 7.60. The number of rotatable bonds is 5. The monoisotopic (exact) mass is 324 g/mol. The van der Waals surface area contributed by atoms with Crippen LogP contribution in [0.25, 0.3) is 5.65 Å². The van der Waals surface area contributed by atoms with Crippen molar-refractivity contribution in [3.8, 4) is 0 Å². The van der Waals surface area contributed by atoms with Crippen LogP contribution < -0.4 is 5.44 Å². The minimum Gasteiger partial charge on any atom is -0.373 e. The molecule has 3 aromatic heterocycles. The number of imidazole rings is 1. The molecule has 0 aromatic carbocycles. The zero-order valence-electron chi connectivity index (χ0n) is 11.5. The largest absolute Gasteiger partial charge is 0.376 e. The van der Waals surface area contributed by atoms with Gasteiger partial charge in [-0.25, -0.2) is 4.98 Å². The number of pyridine rings is 1. The standard InChI is InChI=1S/C11H13N6O4P/c1-21-8(11-13-15-16-14-11)4-7-2-3-9-12-10(22(18,19)20)6-17(9)5-7/h2-3,5-6,8H,4H2,1H3,(H2,18,19,20)(H,13,14,15,16). The van der Waals surface area contributed by atoms with Gasteiger partial charge in [0.25, 0.3) is 0 Å². The van der Waals surface area contributed by atoms with Gasteiger partial charge in [0.2, 0.25) is 5.82 Å². The Morgan fingerprint density at radius 2 is 2.23 bits per heavy atom. The molecule has 1 atom stereocenters. The van der Waals surface area contributed by atoms with Gasteiger partial charge < -0.3 is 18.9 Å². The molecule has 0 aliphatic rings. The first kappa shape index (κ1) is 14.8. The van der Waals surface area contributed by atoms with Gasteiger partial charge in [-0.05, 0) is 11.6 Å². The molecule has 0 amide bonds. The molecule has 116 valence electrons. The Morgan fingerprint density at radius 3 is 2.86 bits per heavy atom. The number of methoxy groups -OCH3 is 1. The molecule has 0 aliphatic carbocycles. The number of aromatic nitrogens is 6. The first-order chi connectivity index (χ1) is 10.5. The van der Waals surface area contributed by atoms with Gasteiger partial charge in [-0.15, -0.1) is 10.2 Å². The Hall–Kier alpha value is -2.13. The lowest BCUT2D eigenvalue weighted by molar-refractivity contribution is 0.0960. The number of H-pyrrole nitrogens is 1. The van der Waals surface area contributed by atoms with Crippen LogP contribution in [0, 0.1) is 0 Å². The topological polar surface area (TPSA) is 139 Å². The van der Waals surface area contributed by atoms with E-state index in [1.54, 1.807) is 29.8 Å². The highest BCUT2D eigenvalue weighted by Crippen LogP contribution is 2.32. The number of nitrogens with zero attached hydrogens (tertiary/aromatic N) is 5. The van der Waals surface area contributed by atoms with E-state index in [1.807, 2.05) is 0 Å². The van der Waals surface area contributed by atoms with Crippen LogP contribution in [0.15, 0.2) is 24.5 Å². The third-order valence-corrected chi connectivity index (χ3v) is 3.97. The number of ether oxygens (including phenoxy) is 1. The fraction of sp³-hybridized carbons (Fsp3) is 0.273. The van der Waals surface area contributed by atoms with Crippen molar-refractivity contribution in [2.75, 3.05) is 7.11 Å². The maximum atomic E-state index is 11.2. The number of aromatic amines is 1. The van der Waals surface area contributed by atoms with E-state index in [0.29, 0.717) is 17.9 Å². The predicted octanol–water partition coefficient (Wildman–Crippen LogP) is -0.419. The van der Waals surface area contributed by atoms with Crippen LogP contribution in [0.4, 0.5) is 0 Å². The number of fused-ring (bicyclic) bond motifs is 1. The maximum absolute atomic E-state index is 11.2. The van der Waals surface area contributed by atoms with Crippen LogP contribution in [0.3, 0.4) is 0 Å². The molecule has 3 aromatic rings. The highest BCUT2D eigenvalue weighted by Gasteiger charge is 2.21. The first-order valence-electron chi connectivity index (χ1n) is 6.27. The third-order valence-electron chi connectivity index (χ3n) is 3.15. The summed E-state index contributed by atoms with van der Waals surface area (Å²) in [6, 6.07) is 3.48. The molecule has 3 N–H and O–H groups in total. The molecule has 0 fully saturated rings. The summed E-state index contributed by atoms with van der Waals surface area (Å²) < 4.78 is 18.1. The first-order valence-corrected chi connectivity index (χ1v) is 7.88. The molecular weight excluding hydrogens is 311 g/mol. The van der Waals surface area contributed by atoms with Crippen molar-refractivity contribution in [3.63, 3.8) is 0 Å². The normalized spacial score (nSPS) is 13.6. The molecule has 3 heterocycles. The Bertz CT molecular complexity index is 826. The van der Waals surface area contributed by atoms with Gasteiger partial charge in [-0.2, -0.15) is 5.21 Å². The minimum atomic E-state index is -4.37. The summed E-state index contributed by atoms with van der Waals surface area (Å²) in [5, 5.41) is 13.6. The van der Waals surface area contributed by atoms with Crippen molar-refractivity contribution >= 4 is 18.7 Å². The summed E-state index contributed by atoms with van der Waals surface area (Å²) in [5.74, 6) is 0.434. The lowest BCUT2D eigenvalue weighted by Gasteiger charge is -2.11. The molecule has 3 rings (SSSR count). The van der Waals surface area contributed by atoms with Crippen molar-refractivity contribution < 1.29 is 19.1 Å². The molecule has 22 heavy (non-hydrogen) atoms. The summed E-state index contributed by atoms with van der Waals surface area (Å²) in [6.07, 6.45) is 3.15. The second-order valence-corrected chi connectivity index (χ2v) is 6.19. The maximum Gasteiger partial charge on any atom is 0.376 e. The SMILES string of the molecule is COC(Cc1ccc2nc(P(=O)(O)O)cn2c1)c1nn[nH]n1. The highest BCUT2D eigenvalue weighted by atomic mass is 31.2. The molecule has 0 bridgehead atoms. The smallest absolute Gasteiger partial charge is 0.373 e. The number of hydrogen-bond acceptors (Lipinski definition) is 6. The van der Waals surface area contributed by atoms with Crippen molar-refractivity contribution in [2.24, 2.45) is 0 Å². The summed E-state index contributed by atoms with van der Waals surface area (Å²) in [6.45, 7) is 0. The Morgan fingerprint density at radius 1 is 1.41 bits per heavy atom. The summed E-state index contributed by atoms with van der Waals surface area (Å²) >= 11 is 0. The van der Waals surface area contributed by atoms with Crippen LogP contribution >= 0.6 is 7.60 Å². The van der Waals surface area contributed by atoms with Gasteiger partial charge in [0.05, 0.1) is 0 Å². The van der Waals surface area contributed by atoms with E-state index in [4.69, 9.17) is 14.5 Å². The predicted molar refractivity (Wildman–Crippen MR) is 74.5 cm³/mol. The number of hydrogen-bond donors (Lipinski definition) is 3. The molecule has 0 saturated heterocycles. The zero-order valence-corrected chi connectivity index (χ0v) is 12.4. The lowest BCUT2D eigenvalue weighted by atomic mass is 10.1. The summed E-state index contributed by atoms with van der Waals surface area (Å²) in [7, 11) is -2.82. The molecule has 0 spiro atoms. The quantitative estimate of drug-likeness (QED) is 0.538. The van der Waals surface area contributed by atoms with Gasteiger partial charge in [0.1, 0.15) is 11.8 Å². The molecule has 0 aliphatic heterocycles. The van der Waals surface area contributed by atoms with Crippen LogP contribution in [0.1, 0.15) is 17.5 Å². The van der Waals surface area contributed by atoms with Crippen molar-refractivity contribution in [1.82, 2.24) is 30.0 Å². The van der Waals surface area contributed by atoms with Crippen LogP contribution in [-0.2, 0) is 15.7 Å². The van der Waals surface area contributed by atoms with Crippen LogP contribution in [0.2, 0.25) is 0 Å². The average molecular weight is 324 g/mol. The molecule has 0 radical (unpaired) electrons. The van der Waals surface area contributed by atoms with E-state index in [2.05, 4.69) is 25.6 Å². The van der Waals surface area contributed by atoms with Gasteiger partial charge in [0.15, 0.2) is 5.44 Å². The number of tetrazole rings is 1. The number of nitrogens with one attached hydrogen (secondary N) is 1. The average Bonchev–Trinajstić information content (AvgIpc) is 3.12. The van der Waals surface area contributed by atoms with Crippen molar-refractivity contribution in [1.29, 1.82) is 0 Å². The molecule has 1 unspecified atom stereocenters. The van der Waals surface area contributed by atoms with E-state index in [0.717, 1.165) is 5.56 Å². The lowest BCUT2D eigenvalue weighted by Crippen LogP contribution is -2.08. The van der Waals surface area contributed by atoms with E-state index in [-0.39, 0.29) is 11.5 Å². The van der Waals surface area contributed by atoms with Crippen LogP contribution in [-0.4, -0.2) is 46.9 Å². The van der Waals surface area contributed by atoms with Gasteiger partial charge in [-0.1, -0.05) is 11.3 Å². The Kier molecular flexibility index (Phi) is 3.75. The fourth-order valence-corrected chi connectivity index (χ4v) is 2.59. The fourth-order valence-electron chi connectivity index (χ4n) is 2.09. The zero-order chi connectivity index (χ0) is 15.7. The van der Waals surface area contributed by atoms with E-state index >= 15 is 0 Å². The Labute approximate surface area is 124 Å². The van der Waals surface area contributed by atoms with Gasteiger partial charge in [-0.3, -0.25) is 4.57 Å². The molecule has 0 saturated carbocycles. The van der Waals surface area contributed by atoms with Crippen LogP contribution in [0.5, 0.6) is 0 Å². The van der Waals surface area contributed by atoms with E-state index < -0.39 is 7.60 Å².